The summed E-state index contributed by atoms with van der Waals surface area (Å²) in [4.78, 5) is 18.1. The van der Waals surface area contributed by atoms with Crippen molar-refractivity contribution >= 4 is 11.9 Å². The van der Waals surface area contributed by atoms with Gasteiger partial charge in [0.1, 0.15) is 0 Å². The lowest BCUT2D eigenvalue weighted by Crippen LogP contribution is -2.28. The standard InChI is InChI=1S/C9H13N3O3/c1-5(6(2)13)12-9-10-3-7(4-11-9)8(14)15/h3-6,13H,1-2H3,(H,14,15)(H,10,11,12). The van der Waals surface area contributed by atoms with Gasteiger partial charge >= 0.3 is 5.97 Å². The number of carboxylic acid groups (broad SMARTS) is 1. The number of aromatic nitrogens is 2. The Bertz CT molecular complexity index is 337. The third kappa shape index (κ3) is 3.17. The van der Waals surface area contributed by atoms with Crippen LogP contribution < -0.4 is 5.32 Å². The number of anilines is 1. The molecule has 0 spiro atoms. The summed E-state index contributed by atoms with van der Waals surface area (Å²) in [6.45, 7) is 3.42. The first-order valence-corrected chi connectivity index (χ1v) is 4.50. The van der Waals surface area contributed by atoms with Gasteiger partial charge in [-0.2, -0.15) is 0 Å². The van der Waals surface area contributed by atoms with Gasteiger partial charge in [-0.05, 0) is 13.8 Å². The van der Waals surface area contributed by atoms with E-state index in [1.807, 2.05) is 0 Å². The summed E-state index contributed by atoms with van der Waals surface area (Å²) >= 11 is 0. The van der Waals surface area contributed by atoms with Crippen molar-refractivity contribution in [1.82, 2.24) is 9.97 Å². The quantitative estimate of drug-likeness (QED) is 0.665. The summed E-state index contributed by atoms with van der Waals surface area (Å²) in [5.41, 5.74) is 0.0326. The molecule has 3 N–H and O–H groups in total. The summed E-state index contributed by atoms with van der Waals surface area (Å²) in [5.74, 6) is -0.765. The number of carbonyl (C=O) groups is 1. The maximum Gasteiger partial charge on any atom is 0.338 e. The third-order valence-electron chi connectivity index (χ3n) is 1.98. The van der Waals surface area contributed by atoms with Crippen LogP contribution in [0.4, 0.5) is 5.95 Å². The van der Waals surface area contributed by atoms with Gasteiger partial charge in [0.15, 0.2) is 0 Å². The van der Waals surface area contributed by atoms with Crippen molar-refractivity contribution in [3.63, 3.8) is 0 Å². The topological polar surface area (TPSA) is 95.3 Å². The second-order valence-corrected chi connectivity index (χ2v) is 3.27. The van der Waals surface area contributed by atoms with Gasteiger partial charge in [-0.25, -0.2) is 14.8 Å². The Labute approximate surface area is 87.0 Å². The minimum absolute atomic E-state index is 0.0326. The minimum Gasteiger partial charge on any atom is -0.478 e. The van der Waals surface area contributed by atoms with Crippen LogP contribution in [0.25, 0.3) is 0 Å². The molecule has 0 fully saturated rings. The number of hydrogen-bond acceptors (Lipinski definition) is 5. The van der Waals surface area contributed by atoms with E-state index in [2.05, 4.69) is 15.3 Å². The van der Waals surface area contributed by atoms with E-state index in [0.717, 1.165) is 0 Å². The average molecular weight is 211 g/mol. The van der Waals surface area contributed by atoms with Crippen LogP contribution in [0, 0.1) is 0 Å². The molecular formula is C9H13N3O3. The van der Waals surface area contributed by atoms with Gasteiger partial charge in [-0.3, -0.25) is 0 Å². The van der Waals surface area contributed by atoms with Gasteiger partial charge in [0.2, 0.25) is 5.95 Å². The molecule has 0 radical (unpaired) electrons. The van der Waals surface area contributed by atoms with Gasteiger partial charge < -0.3 is 15.5 Å². The highest BCUT2D eigenvalue weighted by atomic mass is 16.4. The van der Waals surface area contributed by atoms with Crippen molar-refractivity contribution in [2.45, 2.75) is 26.0 Å². The Morgan fingerprint density at radius 2 is 1.93 bits per heavy atom. The Hall–Kier alpha value is -1.69. The van der Waals surface area contributed by atoms with Crippen molar-refractivity contribution in [3.8, 4) is 0 Å². The van der Waals surface area contributed by atoms with E-state index in [0.29, 0.717) is 5.95 Å². The number of carboxylic acids is 1. The summed E-state index contributed by atoms with van der Waals surface area (Å²) in [6, 6.07) is -0.194. The number of aromatic carboxylic acids is 1. The monoisotopic (exact) mass is 211 g/mol. The van der Waals surface area contributed by atoms with E-state index in [1.165, 1.54) is 12.4 Å². The first kappa shape index (κ1) is 11.4. The molecule has 0 saturated heterocycles. The molecule has 1 heterocycles. The van der Waals surface area contributed by atoms with Gasteiger partial charge in [0, 0.05) is 12.4 Å². The summed E-state index contributed by atoms with van der Waals surface area (Å²) in [5, 5.41) is 20.7. The molecule has 0 bridgehead atoms. The molecule has 82 valence electrons. The first-order valence-electron chi connectivity index (χ1n) is 4.50. The van der Waals surface area contributed by atoms with Crippen LogP contribution in [-0.4, -0.2) is 38.3 Å². The molecule has 6 nitrogen and oxygen atoms in total. The highest BCUT2D eigenvalue weighted by Gasteiger charge is 2.10. The van der Waals surface area contributed by atoms with Crippen molar-refractivity contribution in [3.05, 3.63) is 18.0 Å². The zero-order valence-corrected chi connectivity index (χ0v) is 8.51. The smallest absolute Gasteiger partial charge is 0.338 e. The summed E-state index contributed by atoms with van der Waals surface area (Å²) in [6.07, 6.45) is 1.89. The molecule has 6 heteroatoms. The van der Waals surface area contributed by atoms with Crippen LogP contribution in [0.5, 0.6) is 0 Å². The van der Waals surface area contributed by atoms with Gasteiger partial charge in [0.05, 0.1) is 17.7 Å². The predicted octanol–water partition coefficient (Wildman–Crippen LogP) is 0.356. The number of rotatable bonds is 4. The molecule has 15 heavy (non-hydrogen) atoms. The largest absolute Gasteiger partial charge is 0.478 e. The highest BCUT2D eigenvalue weighted by Crippen LogP contribution is 2.03. The first-order chi connectivity index (χ1) is 7.00. The molecule has 2 unspecified atom stereocenters. The molecule has 1 rings (SSSR count). The molecule has 0 amide bonds. The van der Waals surface area contributed by atoms with Crippen LogP contribution in [0.15, 0.2) is 12.4 Å². The van der Waals surface area contributed by atoms with E-state index in [-0.39, 0.29) is 11.6 Å². The highest BCUT2D eigenvalue weighted by molar-refractivity contribution is 5.86. The van der Waals surface area contributed by atoms with Crippen molar-refractivity contribution < 1.29 is 15.0 Å². The normalized spacial score (nSPS) is 14.3. The van der Waals surface area contributed by atoms with Gasteiger partial charge in [-0.15, -0.1) is 0 Å². The lowest BCUT2D eigenvalue weighted by molar-refractivity contribution is 0.0696. The minimum atomic E-state index is -1.06. The summed E-state index contributed by atoms with van der Waals surface area (Å²) < 4.78 is 0. The van der Waals surface area contributed by atoms with Crippen LogP contribution in [0.2, 0.25) is 0 Å². The average Bonchev–Trinajstić information content (AvgIpc) is 2.18. The van der Waals surface area contributed by atoms with Crippen LogP contribution in [-0.2, 0) is 0 Å². The number of nitrogens with zero attached hydrogens (tertiary/aromatic N) is 2. The maximum atomic E-state index is 10.5. The van der Waals surface area contributed by atoms with Gasteiger partial charge in [0.25, 0.3) is 0 Å². The predicted molar refractivity (Wildman–Crippen MR) is 53.8 cm³/mol. The second kappa shape index (κ2) is 4.70. The number of aliphatic hydroxyl groups excluding tert-OH is 1. The van der Waals surface area contributed by atoms with Crippen LogP contribution in [0.1, 0.15) is 24.2 Å². The van der Waals surface area contributed by atoms with Crippen molar-refractivity contribution in [2.24, 2.45) is 0 Å². The fraction of sp³-hybridized carbons (Fsp3) is 0.444. The van der Waals surface area contributed by atoms with E-state index in [1.54, 1.807) is 13.8 Å². The molecular weight excluding hydrogens is 198 g/mol. The van der Waals surface area contributed by atoms with E-state index in [9.17, 15) is 9.90 Å². The zero-order chi connectivity index (χ0) is 11.4. The fourth-order valence-corrected chi connectivity index (χ4v) is 0.837. The SMILES string of the molecule is CC(O)C(C)Nc1ncc(C(=O)O)cn1. The lowest BCUT2D eigenvalue weighted by atomic mass is 10.2. The second-order valence-electron chi connectivity index (χ2n) is 3.27. The Balaban J connectivity index is 2.68. The molecule has 1 aromatic rings. The number of hydrogen-bond donors (Lipinski definition) is 3. The Morgan fingerprint density at radius 1 is 1.40 bits per heavy atom. The van der Waals surface area contributed by atoms with Crippen LogP contribution >= 0.6 is 0 Å². The lowest BCUT2D eigenvalue weighted by Gasteiger charge is -2.15. The molecule has 1 aromatic heterocycles. The molecule has 0 saturated carbocycles. The zero-order valence-electron chi connectivity index (χ0n) is 8.51. The third-order valence-corrected chi connectivity index (χ3v) is 1.98. The van der Waals surface area contributed by atoms with E-state index < -0.39 is 12.1 Å². The van der Waals surface area contributed by atoms with Crippen molar-refractivity contribution in [2.75, 3.05) is 5.32 Å². The maximum absolute atomic E-state index is 10.5. The molecule has 0 aliphatic rings. The van der Waals surface area contributed by atoms with Crippen molar-refractivity contribution in [1.29, 1.82) is 0 Å². The van der Waals surface area contributed by atoms with Crippen LogP contribution in [0.3, 0.4) is 0 Å². The molecule has 0 aliphatic heterocycles. The van der Waals surface area contributed by atoms with E-state index in [4.69, 9.17) is 5.11 Å². The molecule has 0 aliphatic carbocycles. The van der Waals surface area contributed by atoms with E-state index >= 15 is 0 Å². The fourth-order valence-electron chi connectivity index (χ4n) is 0.837. The molecule has 0 aromatic carbocycles. The number of nitrogens with one attached hydrogen (secondary N) is 1. The van der Waals surface area contributed by atoms with Gasteiger partial charge in [-0.1, -0.05) is 0 Å². The molecule has 2 atom stereocenters. The summed E-state index contributed by atoms with van der Waals surface area (Å²) in [7, 11) is 0. The Kier molecular flexibility index (Phi) is 3.56. The number of aliphatic hydroxyl groups is 1. The Morgan fingerprint density at radius 3 is 2.33 bits per heavy atom.